The van der Waals surface area contributed by atoms with E-state index in [9.17, 15) is 0 Å². The molecule has 0 fully saturated rings. The van der Waals surface area contributed by atoms with Gasteiger partial charge in [-0.1, -0.05) is 30.3 Å². The summed E-state index contributed by atoms with van der Waals surface area (Å²) in [5.41, 5.74) is 0. The summed E-state index contributed by atoms with van der Waals surface area (Å²) >= 11 is 0. The van der Waals surface area contributed by atoms with Crippen LogP contribution >= 0.6 is 21.6 Å². The van der Waals surface area contributed by atoms with E-state index in [2.05, 4.69) is 9.24 Å². The van der Waals surface area contributed by atoms with Crippen molar-refractivity contribution in [2.75, 3.05) is 0 Å². The molecule has 0 spiro atoms. The van der Waals surface area contributed by atoms with Crippen molar-refractivity contribution in [3.63, 3.8) is 0 Å². The minimum Gasteiger partial charge on any atom is -0.147 e. The maximum atomic E-state index is 2.63. The highest BCUT2D eigenvalue weighted by Crippen LogP contribution is 1.86. The summed E-state index contributed by atoms with van der Waals surface area (Å²) < 4.78 is 0. The molecule has 0 aliphatic carbocycles. The summed E-state index contributed by atoms with van der Waals surface area (Å²) in [6, 6.07) is 10.1. The molecule has 1 unspecified atom stereocenters. The molecule has 0 saturated carbocycles. The average molecular weight is 147 g/mol. The smallest absolute Gasteiger partial charge is 0.0303 e. The molecule has 0 aromatic heterocycles. The van der Waals surface area contributed by atoms with E-state index < -0.39 is 0 Å². The van der Waals surface area contributed by atoms with Gasteiger partial charge < -0.3 is 0 Å². The standard InChI is InChI=1S/C6H7P.ClH/c7-6-4-2-1-3-5-6;/h1-5H,7H2;1H. The zero-order valence-corrected chi connectivity index (χ0v) is 6.34. The Morgan fingerprint density at radius 2 is 1.50 bits per heavy atom. The second-order valence-electron chi connectivity index (χ2n) is 1.41. The summed E-state index contributed by atoms with van der Waals surface area (Å²) in [6.07, 6.45) is 0. The van der Waals surface area contributed by atoms with Crippen LogP contribution in [-0.4, -0.2) is 0 Å². The van der Waals surface area contributed by atoms with E-state index in [0.717, 1.165) is 0 Å². The zero-order valence-electron chi connectivity index (χ0n) is 4.37. The molecular weight excluding hydrogens is 138 g/mol. The first-order chi connectivity index (χ1) is 3.39. The molecule has 0 aliphatic rings. The highest BCUT2D eigenvalue weighted by Gasteiger charge is 1.72. The van der Waals surface area contributed by atoms with Crippen LogP contribution in [0, 0.1) is 0 Å². The minimum absolute atomic E-state index is 0. The van der Waals surface area contributed by atoms with Gasteiger partial charge in [0, 0.05) is 0 Å². The molecule has 0 N–H and O–H groups in total. The Labute approximate surface area is 57.9 Å². The van der Waals surface area contributed by atoms with E-state index in [1.54, 1.807) is 0 Å². The Morgan fingerprint density at radius 3 is 1.75 bits per heavy atom. The van der Waals surface area contributed by atoms with Gasteiger partial charge in [0.1, 0.15) is 0 Å². The first-order valence-corrected chi connectivity index (χ1v) is 2.78. The summed E-state index contributed by atoms with van der Waals surface area (Å²) in [5, 5.41) is 1.24. The second-order valence-corrected chi connectivity index (χ2v) is 2.08. The van der Waals surface area contributed by atoms with Crippen molar-refractivity contribution in [3.8, 4) is 0 Å². The Morgan fingerprint density at radius 1 is 1.00 bits per heavy atom. The van der Waals surface area contributed by atoms with Crippen LogP contribution in [0.3, 0.4) is 0 Å². The normalized spacial score (nSPS) is 7.62. The first-order valence-electron chi connectivity index (χ1n) is 2.20. The summed E-state index contributed by atoms with van der Waals surface area (Å²) in [5.74, 6) is 0. The zero-order chi connectivity index (χ0) is 5.11. The molecule has 44 valence electrons. The van der Waals surface area contributed by atoms with Crippen molar-refractivity contribution in [1.29, 1.82) is 0 Å². The van der Waals surface area contributed by atoms with Gasteiger partial charge in [-0.3, -0.25) is 0 Å². The summed E-state index contributed by atoms with van der Waals surface area (Å²) in [6.45, 7) is 0. The van der Waals surface area contributed by atoms with Crippen molar-refractivity contribution in [2.24, 2.45) is 0 Å². The van der Waals surface area contributed by atoms with Crippen molar-refractivity contribution in [3.05, 3.63) is 30.3 Å². The highest BCUT2D eigenvalue weighted by atomic mass is 35.5. The van der Waals surface area contributed by atoms with Gasteiger partial charge in [-0.15, -0.1) is 21.6 Å². The third kappa shape index (κ3) is 2.30. The van der Waals surface area contributed by atoms with E-state index in [1.807, 2.05) is 30.3 Å². The maximum Gasteiger partial charge on any atom is -0.0303 e. The van der Waals surface area contributed by atoms with Gasteiger partial charge >= 0.3 is 0 Å². The number of hydrogen-bond acceptors (Lipinski definition) is 0. The van der Waals surface area contributed by atoms with Gasteiger partial charge in [0.05, 0.1) is 0 Å². The molecule has 1 atom stereocenters. The fraction of sp³-hybridized carbons (Fsp3) is 0. The van der Waals surface area contributed by atoms with Gasteiger partial charge in [0.2, 0.25) is 0 Å². The summed E-state index contributed by atoms with van der Waals surface area (Å²) in [4.78, 5) is 0. The summed E-state index contributed by atoms with van der Waals surface area (Å²) in [7, 11) is 2.63. The molecule has 0 aliphatic heterocycles. The fourth-order valence-corrected chi connectivity index (χ4v) is 0.675. The third-order valence-electron chi connectivity index (χ3n) is 0.800. The van der Waals surface area contributed by atoms with Crippen LogP contribution in [0.1, 0.15) is 0 Å². The number of hydrogen-bond donors (Lipinski definition) is 0. The third-order valence-corrected chi connectivity index (χ3v) is 1.18. The molecule has 0 nitrogen and oxygen atoms in total. The molecule has 1 rings (SSSR count). The van der Waals surface area contributed by atoms with Crippen LogP contribution in [0.25, 0.3) is 0 Å². The van der Waals surface area contributed by atoms with Crippen LogP contribution in [0.5, 0.6) is 0 Å². The molecule has 8 heavy (non-hydrogen) atoms. The van der Waals surface area contributed by atoms with Gasteiger partial charge in [-0.2, -0.15) is 0 Å². The monoisotopic (exact) mass is 146 g/mol. The predicted molar refractivity (Wildman–Crippen MR) is 43.0 cm³/mol. The number of halogens is 1. The van der Waals surface area contributed by atoms with Crippen molar-refractivity contribution in [1.82, 2.24) is 0 Å². The van der Waals surface area contributed by atoms with Crippen LogP contribution in [0.15, 0.2) is 30.3 Å². The van der Waals surface area contributed by atoms with E-state index in [-0.39, 0.29) is 12.4 Å². The minimum atomic E-state index is 0. The van der Waals surface area contributed by atoms with Crippen molar-refractivity contribution >= 4 is 27.0 Å². The number of rotatable bonds is 0. The Bertz CT molecular complexity index is 138. The van der Waals surface area contributed by atoms with Gasteiger partial charge in [0.15, 0.2) is 0 Å². The molecule has 0 radical (unpaired) electrons. The highest BCUT2D eigenvalue weighted by molar-refractivity contribution is 7.27. The lowest BCUT2D eigenvalue weighted by Gasteiger charge is -1.82. The Kier molecular flexibility index (Phi) is 3.85. The van der Waals surface area contributed by atoms with Crippen LogP contribution in [-0.2, 0) is 0 Å². The van der Waals surface area contributed by atoms with Crippen molar-refractivity contribution in [2.45, 2.75) is 0 Å². The van der Waals surface area contributed by atoms with Gasteiger partial charge in [-0.25, -0.2) is 0 Å². The first kappa shape index (κ1) is 7.94. The quantitative estimate of drug-likeness (QED) is 0.488. The molecule has 2 heteroatoms. The van der Waals surface area contributed by atoms with Crippen LogP contribution in [0.4, 0.5) is 0 Å². The van der Waals surface area contributed by atoms with E-state index in [1.165, 1.54) is 5.30 Å². The number of benzene rings is 1. The van der Waals surface area contributed by atoms with E-state index in [4.69, 9.17) is 0 Å². The predicted octanol–water partition coefficient (Wildman–Crippen LogP) is 1.61. The molecule has 0 amide bonds. The SMILES string of the molecule is Cl.Pc1ccccc1. The van der Waals surface area contributed by atoms with Crippen LogP contribution in [0.2, 0.25) is 0 Å². The Hall–Kier alpha value is -0.0600. The second kappa shape index (κ2) is 3.88. The fourth-order valence-electron chi connectivity index (χ4n) is 0.453. The average Bonchev–Trinajstić information content (AvgIpc) is 1.69. The molecular formula is C6H8ClP. The van der Waals surface area contributed by atoms with Crippen molar-refractivity contribution < 1.29 is 0 Å². The Balaban J connectivity index is 0.000000490. The lowest BCUT2D eigenvalue weighted by atomic mass is 10.4. The molecule has 0 bridgehead atoms. The maximum absolute atomic E-state index is 2.63. The van der Waals surface area contributed by atoms with E-state index >= 15 is 0 Å². The molecule has 0 saturated heterocycles. The topological polar surface area (TPSA) is 0 Å². The lowest BCUT2D eigenvalue weighted by Crippen LogP contribution is -1.82. The van der Waals surface area contributed by atoms with Gasteiger partial charge in [-0.05, 0) is 5.30 Å². The molecule has 1 aromatic rings. The lowest BCUT2D eigenvalue weighted by molar-refractivity contribution is 1.78. The van der Waals surface area contributed by atoms with Crippen LogP contribution < -0.4 is 5.30 Å². The molecule has 1 aromatic carbocycles. The molecule has 0 heterocycles. The van der Waals surface area contributed by atoms with Gasteiger partial charge in [0.25, 0.3) is 0 Å². The largest absolute Gasteiger partial charge is 0.147 e. The van der Waals surface area contributed by atoms with E-state index in [0.29, 0.717) is 0 Å².